The fourth-order valence-corrected chi connectivity index (χ4v) is 4.83. The monoisotopic (exact) mass is 450 g/mol. The van der Waals surface area contributed by atoms with Crippen LogP contribution in [0.4, 0.5) is 0 Å². The molecular formula is C29H42N2O2. The Bertz CT molecular complexity index is 904. The Labute approximate surface area is 200 Å². The SMILES string of the molecule is CC(C)[C@@H](C)N1COc2ccc(C(C)(C)c3ccc4c(c3)CN([C@@H](C)C(C)C)CO4)cc2C1. The Balaban J connectivity index is 1.59. The van der Waals surface area contributed by atoms with E-state index < -0.39 is 0 Å². The van der Waals surface area contributed by atoms with Gasteiger partial charge in [0.25, 0.3) is 0 Å². The average Bonchev–Trinajstić information content (AvgIpc) is 2.81. The molecule has 4 heteroatoms. The van der Waals surface area contributed by atoms with Crippen molar-refractivity contribution in [3.05, 3.63) is 58.7 Å². The summed E-state index contributed by atoms with van der Waals surface area (Å²) < 4.78 is 12.2. The maximum Gasteiger partial charge on any atom is 0.142 e. The van der Waals surface area contributed by atoms with Gasteiger partial charge in [-0.3, -0.25) is 9.80 Å². The van der Waals surface area contributed by atoms with Gasteiger partial charge in [0.15, 0.2) is 0 Å². The van der Waals surface area contributed by atoms with Crippen molar-refractivity contribution >= 4 is 0 Å². The predicted octanol–water partition coefficient (Wildman–Crippen LogP) is 6.41. The van der Waals surface area contributed by atoms with Crippen LogP contribution >= 0.6 is 0 Å². The molecule has 180 valence electrons. The van der Waals surface area contributed by atoms with Crippen LogP contribution in [0.25, 0.3) is 0 Å². The molecule has 0 bridgehead atoms. The molecule has 0 saturated heterocycles. The van der Waals surface area contributed by atoms with Gasteiger partial charge in [-0.15, -0.1) is 0 Å². The molecule has 2 aliphatic rings. The van der Waals surface area contributed by atoms with Crippen molar-refractivity contribution in [1.29, 1.82) is 0 Å². The molecule has 0 amide bonds. The van der Waals surface area contributed by atoms with Crippen LogP contribution in [0.15, 0.2) is 36.4 Å². The normalized spacial score (nSPS) is 19.0. The quantitative estimate of drug-likeness (QED) is 0.508. The summed E-state index contributed by atoms with van der Waals surface area (Å²) >= 11 is 0. The number of benzene rings is 2. The lowest BCUT2D eigenvalue weighted by atomic mass is 9.77. The first kappa shape index (κ1) is 24.1. The van der Waals surface area contributed by atoms with Gasteiger partial charge in [-0.1, -0.05) is 53.7 Å². The third kappa shape index (κ3) is 4.79. The van der Waals surface area contributed by atoms with Gasteiger partial charge < -0.3 is 9.47 Å². The highest BCUT2D eigenvalue weighted by Crippen LogP contribution is 2.38. The van der Waals surface area contributed by atoms with Gasteiger partial charge in [0.1, 0.15) is 25.0 Å². The summed E-state index contributed by atoms with van der Waals surface area (Å²) in [5, 5.41) is 0. The lowest BCUT2D eigenvalue weighted by Gasteiger charge is -2.37. The lowest BCUT2D eigenvalue weighted by molar-refractivity contribution is 0.0445. The Morgan fingerprint density at radius 1 is 0.667 bits per heavy atom. The van der Waals surface area contributed by atoms with Gasteiger partial charge >= 0.3 is 0 Å². The van der Waals surface area contributed by atoms with Gasteiger partial charge in [0.2, 0.25) is 0 Å². The highest BCUT2D eigenvalue weighted by Gasteiger charge is 2.30. The minimum Gasteiger partial charge on any atom is -0.478 e. The number of ether oxygens (including phenoxy) is 2. The molecule has 0 aliphatic carbocycles. The summed E-state index contributed by atoms with van der Waals surface area (Å²) in [6, 6.07) is 14.5. The van der Waals surface area contributed by atoms with E-state index in [-0.39, 0.29) is 5.41 Å². The van der Waals surface area contributed by atoms with E-state index in [0.29, 0.717) is 37.4 Å². The largest absolute Gasteiger partial charge is 0.478 e. The van der Waals surface area contributed by atoms with E-state index in [1.54, 1.807) is 0 Å². The molecule has 2 aromatic carbocycles. The van der Waals surface area contributed by atoms with Crippen molar-refractivity contribution in [3.63, 3.8) is 0 Å². The minimum absolute atomic E-state index is 0.109. The van der Waals surface area contributed by atoms with Gasteiger partial charge in [-0.05, 0) is 61.1 Å². The zero-order valence-electron chi connectivity index (χ0n) is 21.8. The second-order valence-electron chi connectivity index (χ2n) is 11.3. The predicted molar refractivity (Wildman–Crippen MR) is 136 cm³/mol. The van der Waals surface area contributed by atoms with E-state index in [0.717, 1.165) is 24.6 Å². The first-order valence-corrected chi connectivity index (χ1v) is 12.6. The number of nitrogens with zero attached hydrogens (tertiary/aromatic N) is 2. The van der Waals surface area contributed by atoms with Crippen LogP contribution in [0.2, 0.25) is 0 Å². The second-order valence-corrected chi connectivity index (χ2v) is 11.3. The molecule has 0 saturated carbocycles. The van der Waals surface area contributed by atoms with Crippen molar-refractivity contribution < 1.29 is 9.47 Å². The van der Waals surface area contributed by atoms with Gasteiger partial charge in [0.05, 0.1) is 0 Å². The summed E-state index contributed by atoms with van der Waals surface area (Å²) in [7, 11) is 0. The molecule has 0 unspecified atom stereocenters. The summed E-state index contributed by atoms with van der Waals surface area (Å²) in [5.41, 5.74) is 5.12. The molecule has 0 fully saturated rings. The number of hydrogen-bond donors (Lipinski definition) is 0. The van der Waals surface area contributed by atoms with Crippen molar-refractivity contribution in [1.82, 2.24) is 9.80 Å². The number of hydrogen-bond acceptors (Lipinski definition) is 4. The maximum absolute atomic E-state index is 6.11. The number of rotatable bonds is 6. The summed E-state index contributed by atoms with van der Waals surface area (Å²) in [5.74, 6) is 3.26. The fraction of sp³-hybridized carbons (Fsp3) is 0.586. The zero-order chi connectivity index (χ0) is 23.9. The van der Waals surface area contributed by atoms with Crippen LogP contribution in [-0.2, 0) is 18.5 Å². The highest BCUT2D eigenvalue weighted by atomic mass is 16.5. The third-order valence-corrected chi connectivity index (χ3v) is 8.16. The lowest BCUT2D eigenvalue weighted by Crippen LogP contribution is -2.41. The van der Waals surface area contributed by atoms with Crippen LogP contribution in [0.1, 0.15) is 77.6 Å². The van der Waals surface area contributed by atoms with E-state index in [9.17, 15) is 0 Å². The Morgan fingerprint density at radius 3 is 1.42 bits per heavy atom. The minimum atomic E-state index is -0.109. The molecule has 0 N–H and O–H groups in total. The van der Waals surface area contributed by atoms with E-state index in [4.69, 9.17) is 9.47 Å². The first-order chi connectivity index (χ1) is 15.6. The molecule has 0 spiro atoms. The van der Waals surface area contributed by atoms with E-state index in [1.807, 2.05) is 0 Å². The summed E-state index contributed by atoms with van der Waals surface area (Å²) in [6.07, 6.45) is 0. The zero-order valence-corrected chi connectivity index (χ0v) is 21.8. The standard InChI is InChI=1S/C29H42N2O2/c1-19(2)21(5)30-15-23-13-25(9-11-27(23)32-17-30)29(7,8)26-10-12-28-24(14-26)16-31(18-33-28)22(6)20(3)4/h9-14,19-22H,15-18H2,1-8H3/t21-,22+. The Hall–Kier alpha value is -2.04. The van der Waals surface area contributed by atoms with Gasteiger partial charge in [-0.2, -0.15) is 0 Å². The molecule has 33 heavy (non-hydrogen) atoms. The first-order valence-electron chi connectivity index (χ1n) is 12.6. The topological polar surface area (TPSA) is 24.9 Å². The van der Waals surface area contributed by atoms with Crippen LogP contribution in [0.3, 0.4) is 0 Å². The summed E-state index contributed by atoms with van der Waals surface area (Å²) in [6.45, 7) is 21.6. The van der Waals surface area contributed by atoms with Crippen molar-refractivity contribution in [2.45, 2.75) is 86.0 Å². The van der Waals surface area contributed by atoms with Crippen LogP contribution in [-0.4, -0.2) is 35.3 Å². The Kier molecular flexibility index (Phi) is 6.80. The van der Waals surface area contributed by atoms with Gasteiger partial charge in [-0.25, -0.2) is 0 Å². The molecule has 4 rings (SSSR count). The number of fused-ring (bicyclic) bond motifs is 2. The molecule has 2 aliphatic heterocycles. The molecule has 4 nitrogen and oxygen atoms in total. The van der Waals surface area contributed by atoms with E-state index in [2.05, 4.69) is 102 Å². The van der Waals surface area contributed by atoms with Crippen molar-refractivity contribution in [3.8, 4) is 11.5 Å². The highest BCUT2D eigenvalue weighted by molar-refractivity contribution is 5.48. The van der Waals surface area contributed by atoms with Gasteiger partial charge in [0, 0.05) is 41.7 Å². The maximum atomic E-state index is 6.11. The third-order valence-electron chi connectivity index (χ3n) is 8.16. The average molecular weight is 451 g/mol. The van der Waals surface area contributed by atoms with E-state index in [1.165, 1.54) is 22.3 Å². The molecule has 2 heterocycles. The fourth-order valence-electron chi connectivity index (χ4n) is 4.83. The molecule has 2 aromatic rings. The van der Waals surface area contributed by atoms with Crippen LogP contribution in [0, 0.1) is 11.8 Å². The van der Waals surface area contributed by atoms with Crippen LogP contribution < -0.4 is 9.47 Å². The van der Waals surface area contributed by atoms with Crippen molar-refractivity contribution in [2.24, 2.45) is 11.8 Å². The Morgan fingerprint density at radius 2 is 1.06 bits per heavy atom. The van der Waals surface area contributed by atoms with Crippen LogP contribution in [0.5, 0.6) is 11.5 Å². The smallest absolute Gasteiger partial charge is 0.142 e. The molecule has 2 atom stereocenters. The van der Waals surface area contributed by atoms with E-state index >= 15 is 0 Å². The summed E-state index contributed by atoms with van der Waals surface area (Å²) in [4.78, 5) is 4.87. The van der Waals surface area contributed by atoms with Crippen molar-refractivity contribution in [2.75, 3.05) is 13.5 Å². The second kappa shape index (κ2) is 9.31. The molecular weight excluding hydrogens is 408 g/mol. The molecule has 0 aromatic heterocycles. The molecule has 0 radical (unpaired) electrons.